The van der Waals surface area contributed by atoms with E-state index < -0.39 is 16.1 Å². The smallest absolute Gasteiger partial charge is 0.264 e. The van der Waals surface area contributed by atoms with Crippen molar-refractivity contribution in [1.29, 1.82) is 0 Å². The van der Waals surface area contributed by atoms with Crippen LogP contribution in [0.3, 0.4) is 0 Å². The lowest BCUT2D eigenvalue weighted by Crippen LogP contribution is -2.42. The first-order chi connectivity index (χ1) is 17.4. The van der Waals surface area contributed by atoms with E-state index in [9.17, 15) is 13.5 Å². The maximum absolute atomic E-state index is 13.8. The summed E-state index contributed by atoms with van der Waals surface area (Å²) >= 11 is 0. The number of nitrogens with zero attached hydrogens (tertiary/aromatic N) is 2. The van der Waals surface area contributed by atoms with Gasteiger partial charge in [-0.05, 0) is 41.8 Å². The van der Waals surface area contributed by atoms with Crippen LogP contribution in [0, 0.1) is 6.92 Å². The van der Waals surface area contributed by atoms with E-state index in [1.807, 2.05) is 48.5 Å². The van der Waals surface area contributed by atoms with Gasteiger partial charge in [-0.15, -0.1) is 0 Å². The molecular weight excluding hydrogens is 468 g/mol. The number of hydrogen-bond acceptors (Lipinski definition) is 4. The number of aliphatic hydroxyl groups excluding tert-OH is 1. The van der Waals surface area contributed by atoms with Gasteiger partial charge in [-0.2, -0.15) is 0 Å². The maximum Gasteiger partial charge on any atom is 0.264 e. The van der Waals surface area contributed by atoms with Crippen molar-refractivity contribution in [1.82, 2.24) is 4.90 Å². The quantitative estimate of drug-likeness (QED) is 0.305. The minimum absolute atomic E-state index is 0.0548. The van der Waals surface area contributed by atoms with Crippen LogP contribution in [0.4, 0.5) is 5.69 Å². The summed E-state index contributed by atoms with van der Waals surface area (Å²) in [6.07, 6.45) is -0.906. The lowest BCUT2D eigenvalue weighted by atomic mass is 10.1. The SMILES string of the molecule is Cc1ccccc1S(=O)(=O)N(CC(O)CN(Cc1ccccc1)Cc1ccccc1)c1ccccc1. The molecule has 0 aliphatic carbocycles. The fraction of sp³-hybridized carbons (Fsp3) is 0.200. The number of benzene rings is 4. The van der Waals surface area contributed by atoms with Gasteiger partial charge in [0.25, 0.3) is 10.0 Å². The van der Waals surface area contributed by atoms with E-state index in [1.165, 1.54) is 4.31 Å². The summed E-state index contributed by atoms with van der Waals surface area (Å²) in [5.41, 5.74) is 3.46. The van der Waals surface area contributed by atoms with Crippen molar-refractivity contribution in [2.45, 2.75) is 31.0 Å². The van der Waals surface area contributed by atoms with Gasteiger partial charge in [0.15, 0.2) is 0 Å². The van der Waals surface area contributed by atoms with E-state index in [4.69, 9.17) is 0 Å². The molecule has 0 fully saturated rings. The number of aliphatic hydroxyl groups is 1. The standard InChI is InChI=1S/C30H32N2O3S/c1-25-13-11-12-20-30(25)36(34,35)32(28-18-9-4-10-19-28)24-29(33)23-31(21-26-14-5-2-6-15-26)22-27-16-7-3-8-17-27/h2-20,29,33H,21-24H2,1H3. The zero-order chi connectivity index (χ0) is 25.4. The molecule has 186 valence electrons. The summed E-state index contributed by atoms with van der Waals surface area (Å²) in [6.45, 7) is 3.33. The molecule has 0 radical (unpaired) electrons. The molecule has 0 aromatic heterocycles. The Labute approximate surface area is 214 Å². The second kappa shape index (κ2) is 12.0. The Morgan fingerprint density at radius 2 is 1.14 bits per heavy atom. The summed E-state index contributed by atoms with van der Waals surface area (Å²) < 4.78 is 28.8. The molecule has 0 aliphatic rings. The summed E-state index contributed by atoms with van der Waals surface area (Å²) in [5.74, 6) is 0. The summed E-state index contributed by atoms with van der Waals surface area (Å²) in [4.78, 5) is 2.39. The molecule has 6 heteroatoms. The average Bonchev–Trinajstić information content (AvgIpc) is 2.89. The lowest BCUT2D eigenvalue weighted by Gasteiger charge is -2.30. The second-order valence-corrected chi connectivity index (χ2v) is 10.8. The van der Waals surface area contributed by atoms with Gasteiger partial charge in [0.05, 0.1) is 23.2 Å². The number of aryl methyl sites for hydroxylation is 1. The molecule has 1 unspecified atom stereocenters. The van der Waals surface area contributed by atoms with Crippen LogP contribution in [0.25, 0.3) is 0 Å². The van der Waals surface area contributed by atoms with Crippen LogP contribution < -0.4 is 4.31 Å². The van der Waals surface area contributed by atoms with Gasteiger partial charge >= 0.3 is 0 Å². The van der Waals surface area contributed by atoms with E-state index in [-0.39, 0.29) is 11.4 Å². The van der Waals surface area contributed by atoms with Gasteiger partial charge in [-0.1, -0.05) is 97.1 Å². The van der Waals surface area contributed by atoms with Crippen molar-refractivity contribution < 1.29 is 13.5 Å². The number of rotatable bonds is 11. The first kappa shape index (κ1) is 25.6. The minimum atomic E-state index is -3.88. The predicted molar refractivity (Wildman–Crippen MR) is 145 cm³/mol. The molecule has 0 amide bonds. The molecule has 36 heavy (non-hydrogen) atoms. The fourth-order valence-electron chi connectivity index (χ4n) is 4.32. The minimum Gasteiger partial charge on any atom is -0.390 e. The van der Waals surface area contributed by atoms with E-state index >= 15 is 0 Å². The van der Waals surface area contributed by atoms with Crippen LogP contribution in [0.5, 0.6) is 0 Å². The topological polar surface area (TPSA) is 60.9 Å². The molecule has 0 saturated heterocycles. The Morgan fingerprint density at radius 1 is 0.667 bits per heavy atom. The van der Waals surface area contributed by atoms with E-state index in [0.717, 1.165) is 11.1 Å². The normalized spacial score (nSPS) is 12.4. The maximum atomic E-state index is 13.8. The molecule has 0 bridgehead atoms. The Morgan fingerprint density at radius 3 is 1.67 bits per heavy atom. The van der Waals surface area contributed by atoms with Crippen molar-refractivity contribution in [2.24, 2.45) is 0 Å². The molecule has 4 rings (SSSR count). The Bertz CT molecular complexity index is 1290. The number of hydrogen-bond donors (Lipinski definition) is 1. The fourth-order valence-corrected chi connectivity index (χ4v) is 6.05. The monoisotopic (exact) mass is 500 g/mol. The highest BCUT2D eigenvalue weighted by Gasteiger charge is 2.29. The van der Waals surface area contributed by atoms with Gasteiger partial charge in [0, 0.05) is 19.6 Å². The van der Waals surface area contributed by atoms with Gasteiger partial charge in [-0.3, -0.25) is 9.21 Å². The molecule has 1 atom stereocenters. The average molecular weight is 501 g/mol. The zero-order valence-corrected chi connectivity index (χ0v) is 21.3. The first-order valence-corrected chi connectivity index (χ1v) is 13.5. The molecular formula is C30H32N2O3S. The van der Waals surface area contributed by atoms with E-state index in [2.05, 4.69) is 29.2 Å². The molecule has 0 saturated carbocycles. The third-order valence-corrected chi connectivity index (χ3v) is 8.00. The predicted octanol–water partition coefficient (Wildman–Crippen LogP) is 5.25. The molecule has 5 nitrogen and oxygen atoms in total. The largest absolute Gasteiger partial charge is 0.390 e. The van der Waals surface area contributed by atoms with Crippen LogP contribution in [-0.4, -0.2) is 37.6 Å². The number of para-hydroxylation sites is 1. The van der Waals surface area contributed by atoms with Crippen LogP contribution >= 0.6 is 0 Å². The van der Waals surface area contributed by atoms with E-state index in [1.54, 1.807) is 49.4 Å². The highest BCUT2D eigenvalue weighted by Crippen LogP contribution is 2.26. The van der Waals surface area contributed by atoms with Crippen molar-refractivity contribution >= 4 is 15.7 Å². The molecule has 1 N–H and O–H groups in total. The zero-order valence-electron chi connectivity index (χ0n) is 20.4. The van der Waals surface area contributed by atoms with Crippen molar-refractivity contribution in [2.75, 3.05) is 17.4 Å². The first-order valence-electron chi connectivity index (χ1n) is 12.0. The highest BCUT2D eigenvalue weighted by atomic mass is 32.2. The third kappa shape index (κ3) is 6.61. The van der Waals surface area contributed by atoms with Crippen LogP contribution in [0.2, 0.25) is 0 Å². The Kier molecular flexibility index (Phi) is 8.54. The molecule has 0 heterocycles. The Balaban J connectivity index is 1.59. The van der Waals surface area contributed by atoms with Gasteiger partial charge < -0.3 is 5.11 Å². The molecule has 4 aromatic rings. The number of anilines is 1. The van der Waals surface area contributed by atoms with Crippen molar-refractivity contribution in [3.63, 3.8) is 0 Å². The summed E-state index contributed by atoms with van der Waals surface area (Å²) in [6, 6.07) is 36.1. The van der Waals surface area contributed by atoms with Crippen molar-refractivity contribution in [3.8, 4) is 0 Å². The highest BCUT2D eigenvalue weighted by molar-refractivity contribution is 7.92. The van der Waals surface area contributed by atoms with Crippen LogP contribution in [0.15, 0.2) is 120 Å². The van der Waals surface area contributed by atoms with Crippen molar-refractivity contribution in [3.05, 3.63) is 132 Å². The van der Waals surface area contributed by atoms with E-state index in [0.29, 0.717) is 30.9 Å². The lowest BCUT2D eigenvalue weighted by molar-refractivity contribution is 0.111. The van der Waals surface area contributed by atoms with Gasteiger partial charge in [-0.25, -0.2) is 8.42 Å². The molecule has 4 aromatic carbocycles. The summed E-state index contributed by atoms with van der Waals surface area (Å²) in [7, 11) is -3.88. The van der Waals surface area contributed by atoms with Gasteiger partial charge in [0.2, 0.25) is 0 Å². The van der Waals surface area contributed by atoms with Crippen LogP contribution in [0.1, 0.15) is 16.7 Å². The van der Waals surface area contributed by atoms with Gasteiger partial charge in [0.1, 0.15) is 0 Å². The molecule has 0 spiro atoms. The third-order valence-electron chi connectivity index (χ3n) is 6.05. The van der Waals surface area contributed by atoms with Crippen LogP contribution in [-0.2, 0) is 23.1 Å². The summed E-state index contributed by atoms with van der Waals surface area (Å²) in [5, 5.41) is 11.2. The molecule has 0 aliphatic heterocycles. The Hall–Kier alpha value is -3.45. The number of sulfonamides is 1. The second-order valence-electron chi connectivity index (χ2n) is 8.93.